The first-order valence-electron chi connectivity index (χ1n) is 7.42. The van der Waals surface area contributed by atoms with Gasteiger partial charge in [0.25, 0.3) is 8.53 Å². The second kappa shape index (κ2) is 9.35. The summed E-state index contributed by atoms with van der Waals surface area (Å²) in [5.41, 5.74) is 5.92. The average molecular weight is 376 g/mol. The van der Waals surface area contributed by atoms with E-state index in [2.05, 4.69) is 0 Å². The average Bonchev–Trinajstić information content (AvgIpc) is 2.43. The number of hydrogen-bond acceptors (Lipinski definition) is 6. The molecule has 6 nitrogen and oxygen atoms in total. The van der Waals surface area contributed by atoms with Gasteiger partial charge in [-0.3, -0.25) is 5.50 Å². The van der Waals surface area contributed by atoms with E-state index in [1.165, 1.54) is 12.1 Å². The van der Waals surface area contributed by atoms with E-state index in [-0.39, 0.29) is 23.0 Å². The summed E-state index contributed by atoms with van der Waals surface area (Å²) < 4.78 is 15.3. The number of benzene rings is 1. The number of rotatable bonds is 4. The van der Waals surface area contributed by atoms with Crippen molar-refractivity contribution in [2.24, 2.45) is 5.50 Å². The van der Waals surface area contributed by atoms with Crippen molar-refractivity contribution < 1.29 is 18.6 Å². The van der Waals surface area contributed by atoms with Gasteiger partial charge in [0.05, 0.1) is 12.2 Å². The van der Waals surface area contributed by atoms with Gasteiger partial charge in [-0.05, 0) is 52.3 Å². The van der Waals surface area contributed by atoms with Crippen LogP contribution >= 0.6 is 20.1 Å². The molecule has 0 saturated carbocycles. The third-order valence-corrected chi connectivity index (χ3v) is 4.41. The molecule has 0 radical (unpaired) electrons. The van der Waals surface area contributed by atoms with E-state index < -0.39 is 14.2 Å². The van der Waals surface area contributed by atoms with Gasteiger partial charge in [0.1, 0.15) is 16.4 Å². The molecule has 0 aliphatic rings. The van der Waals surface area contributed by atoms with Crippen LogP contribution in [0.15, 0.2) is 27.4 Å². The summed E-state index contributed by atoms with van der Waals surface area (Å²) in [6, 6.07) is 4.57. The lowest BCUT2D eigenvalue weighted by molar-refractivity contribution is 0.177. The summed E-state index contributed by atoms with van der Waals surface area (Å²) in [6.07, 6.45) is 0.296. The third-order valence-electron chi connectivity index (χ3n) is 2.71. The molecule has 1 aromatic carbocycles. The van der Waals surface area contributed by atoms with Crippen LogP contribution in [0.4, 0.5) is 0 Å². The van der Waals surface area contributed by atoms with Gasteiger partial charge in [-0.25, -0.2) is 4.79 Å². The molecule has 0 bridgehead atoms. The van der Waals surface area contributed by atoms with Crippen LogP contribution in [0.5, 0.6) is 5.75 Å². The first-order chi connectivity index (χ1) is 11.1. The van der Waals surface area contributed by atoms with E-state index in [1.807, 2.05) is 27.7 Å². The molecule has 24 heavy (non-hydrogen) atoms. The summed E-state index contributed by atoms with van der Waals surface area (Å²) in [4.78, 5) is 11.2. The highest BCUT2D eigenvalue weighted by Crippen LogP contribution is 2.31. The lowest BCUT2D eigenvalue weighted by Gasteiger charge is -2.16. The molecule has 0 amide bonds. The van der Waals surface area contributed by atoms with Gasteiger partial charge in [-0.15, -0.1) is 0 Å². The quantitative estimate of drug-likeness (QED) is 0.604. The monoisotopic (exact) mass is 375 g/mol. The van der Waals surface area contributed by atoms with Crippen LogP contribution < -0.4 is 11.1 Å². The highest BCUT2D eigenvalue weighted by Gasteiger charge is 2.09. The van der Waals surface area contributed by atoms with Crippen molar-refractivity contribution in [1.82, 2.24) is 0 Å². The number of hydrogen-bond donors (Lipinski definition) is 2. The Hall–Kier alpha value is -1.17. The minimum Gasteiger partial charge on any atom is -0.508 e. The molecule has 0 spiro atoms. The number of aromatic hydroxyl groups is 1. The topological polar surface area (TPSA) is 94.9 Å². The molecule has 2 rings (SSSR count). The molecule has 8 heteroatoms. The lowest BCUT2D eigenvalue weighted by Crippen LogP contribution is -2.08. The van der Waals surface area contributed by atoms with E-state index in [9.17, 15) is 9.90 Å². The van der Waals surface area contributed by atoms with Gasteiger partial charge in [0.2, 0.25) is 0 Å². The first-order valence-corrected chi connectivity index (χ1v) is 9.04. The van der Waals surface area contributed by atoms with Crippen molar-refractivity contribution in [3.63, 3.8) is 0 Å². The van der Waals surface area contributed by atoms with E-state index in [0.717, 1.165) is 5.39 Å². The highest BCUT2D eigenvalue weighted by atomic mass is 35.5. The molecule has 0 unspecified atom stereocenters. The second-order valence-electron chi connectivity index (χ2n) is 5.60. The van der Waals surface area contributed by atoms with Crippen LogP contribution in [0.1, 0.15) is 33.3 Å². The first kappa shape index (κ1) is 20.9. The smallest absolute Gasteiger partial charge is 0.355 e. The van der Waals surface area contributed by atoms with Crippen molar-refractivity contribution in [3.05, 3.63) is 39.2 Å². The van der Waals surface area contributed by atoms with E-state index in [1.54, 1.807) is 13.0 Å². The van der Waals surface area contributed by atoms with Crippen LogP contribution in [0.2, 0.25) is 5.02 Å². The molecule has 0 saturated heterocycles. The Morgan fingerprint density at radius 3 is 2.25 bits per heavy atom. The number of fused-ring (bicyclic) bond motifs is 1. The van der Waals surface area contributed by atoms with Gasteiger partial charge < -0.3 is 18.6 Å². The Labute approximate surface area is 147 Å². The van der Waals surface area contributed by atoms with Crippen LogP contribution in [-0.4, -0.2) is 17.3 Å². The van der Waals surface area contributed by atoms with Gasteiger partial charge in [0, 0.05) is 11.5 Å². The Morgan fingerprint density at radius 2 is 1.75 bits per heavy atom. The minimum absolute atomic E-state index is 0.0578. The number of aryl methyl sites for hydroxylation is 1. The van der Waals surface area contributed by atoms with Crippen molar-refractivity contribution in [2.75, 3.05) is 0 Å². The largest absolute Gasteiger partial charge is 0.508 e. The summed E-state index contributed by atoms with van der Waals surface area (Å²) >= 11 is 5.73. The maximum Gasteiger partial charge on any atom is 0.355 e. The highest BCUT2D eigenvalue weighted by molar-refractivity contribution is 7.44. The zero-order valence-corrected chi connectivity index (χ0v) is 16.0. The molecular weight excluding hydrogens is 353 g/mol. The van der Waals surface area contributed by atoms with Crippen LogP contribution in [0.3, 0.4) is 0 Å². The Balaban J connectivity index is 0.000000257. The predicted octanol–water partition coefficient (Wildman–Crippen LogP) is 4.48. The zero-order chi connectivity index (χ0) is 18.4. The van der Waals surface area contributed by atoms with Crippen molar-refractivity contribution in [3.8, 4) is 5.75 Å². The summed E-state index contributed by atoms with van der Waals surface area (Å²) in [6.45, 7) is 9.48. The Bertz CT molecular complexity index is 722. The SMILES string of the molecule is CC(C)OP(N)OC(C)C.Cc1c(Cl)c(=O)oc2cc(O)ccc12. The van der Waals surface area contributed by atoms with Crippen LogP contribution in [0.25, 0.3) is 11.0 Å². The molecule has 1 heterocycles. The van der Waals surface area contributed by atoms with Gasteiger partial charge in [-0.2, -0.15) is 0 Å². The summed E-state index contributed by atoms with van der Waals surface area (Å²) in [5, 5.41) is 10.0. The van der Waals surface area contributed by atoms with E-state index >= 15 is 0 Å². The predicted molar refractivity (Wildman–Crippen MR) is 97.4 cm³/mol. The molecule has 0 atom stereocenters. The maximum atomic E-state index is 11.2. The Kier molecular flexibility index (Phi) is 8.13. The van der Waals surface area contributed by atoms with E-state index in [0.29, 0.717) is 11.1 Å². The van der Waals surface area contributed by atoms with Gasteiger partial charge in [-0.1, -0.05) is 11.6 Å². The van der Waals surface area contributed by atoms with Crippen molar-refractivity contribution in [1.29, 1.82) is 0 Å². The third kappa shape index (κ3) is 6.38. The Morgan fingerprint density at radius 1 is 1.21 bits per heavy atom. The minimum atomic E-state index is -1.16. The normalized spacial score (nSPS) is 11.2. The summed E-state index contributed by atoms with van der Waals surface area (Å²) in [5.74, 6) is 0.0578. The molecule has 0 fully saturated rings. The fourth-order valence-corrected chi connectivity index (χ4v) is 2.78. The number of phenolic OH excluding ortho intramolecular Hbond substituents is 1. The molecule has 0 aliphatic heterocycles. The molecular formula is C16H23ClNO5P. The molecule has 1 aromatic heterocycles. The van der Waals surface area contributed by atoms with Crippen molar-refractivity contribution in [2.45, 2.75) is 46.8 Å². The molecule has 0 aliphatic carbocycles. The summed E-state index contributed by atoms with van der Waals surface area (Å²) in [7, 11) is -1.16. The molecule has 2 aromatic rings. The maximum absolute atomic E-state index is 11.2. The fourth-order valence-electron chi connectivity index (χ4n) is 1.76. The number of nitrogens with two attached hydrogens (primary N) is 1. The number of phenols is 1. The fraction of sp³-hybridized carbons (Fsp3) is 0.438. The van der Waals surface area contributed by atoms with E-state index in [4.69, 9.17) is 30.6 Å². The van der Waals surface area contributed by atoms with Crippen molar-refractivity contribution >= 4 is 31.1 Å². The zero-order valence-electron chi connectivity index (χ0n) is 14.4. The number of halogens is 1. The van der Waals surface area contributed by atoms with Crippen LogP contribution in [-0.2, 0) is 9.05 Å². The standard InChI is InChI=1S/C10H7ClO3.C6H16NO2P/c1-5-7-3-2-6(12)4-8(7)14-10(13)9(5)11;1-5(2)8-10(7)9-6(3)4/h2-4,12H,1H3;5-6H,7H2,1-4H3. The molecule has 3 N–H and O–H groups in total. The molecule has 134 valence electrons. The lowest BCUT2D eigenvalue weighted by atomic mass is 10.1. The van der Waals surface area contributed by atoms with Crippen LogP contribution in [0, 0.1) is 6.92 Å². The van der Waals surface area contributed by atoms with Gasteiger partial charge in [0.15, 0.2) is 0 Å². The second-order valence-corrected chi connectivity index (χ2v) is 6.97. The van der Waals surface area contributed by atoms with Gasteiger partial charge >= 0.3 is 5.63 Å².